The average Bonchev–Trinajstić information content (AvgIpc) is 3.07. The van der Waals surface area contributed by atoms with Crippen molar-refractivity contribution in [1.82, 2.24) is 0 Å². The molecule has 0 saturated heterocycles. The smallest absolute Gasteiger partial charge is 0.156 e. The number of carbonyl (C=O) groups is 1. The van der Waals surface area contributed by atoms with Gasteiger partial charge in [0.2, 0.25) is 0 Å². The van der Waals surface area contributed by atoms with Crippen molar-refractivity contribution in [2.45, 2.75) is 76.2 Å². The molecule has 0 aromatic heterocycles. The first kappa shape index (κ1) is 22.9. The molecule has 33 heavy (non-hydrogen) atoms. The second-order valence-electron chi connectivity index (χ2n) is 11.4. The summed E-state index contributed by atoms with van der Waals surface area (Å²) in [7, 11) is 4.14. The van der Waals surface area contributed by atoms with E-state index in [2.05, 4.69) is 50.2 Å². The summed E-state index contributed by atoms with van der Waals surface area (Å²) < 4.78 is 0. The topological polar surface area (TPSA) is 60.8 Å². The summed E-state index contributed by atoms with van der Waals surface area (Å²) in [5.41, 5.74) is 5.98. The Kier molecular flexibility index (Phi) is 5.81. The van der Waals surface area contributed by atoms with Crippen LogP contribution in [-0.4, -0.2) is 42.3 Å². The molecular formula is C29H39NO3. The third-order valence-corrected chi connectivity index (χ3v) is 9.62. The normalized spacial score (nSPS) is 35.6. The number of ketones is 1. The molecule has 4 nitrogen and oxygen atoms in total. The van der Waals surface area contributed by atoms with Crippen molar-refractivity contribution in [2.75, 3.05) is 25.6 Å². The standard InChI is InChI=1S/C29H39NO3/c1-28-18-25(19-5-8-21(9-6-19)30(2)3)27-23-12-10-22(32)17-20(23)7-11-24(27)26(28)13-15-29(28,33)14-4-16-31/h5-6,8-9,17,24-26,31,33H,4,7,10-16,18H2,1-3H3/t24-,25+,26+,28-,29-/m0/s1. The Morgan fingerprint density at radius 1 is 1.09 bits per heavy atom. The van der Waals surface area contributed by atoms with Crippen molar-refractivity contribution in [3.8, 4) is 0 Å². The fraction of sp³-hybridized carbons (Fsp3) is 0.621. The quantitative estimate of drug-likeness (QED) is 0.652. The fourth-order valence-electron chi connectivity index (χ4n) is 7.84. The maximum Gasteiger partial charge on any atom is 0.156 e. The number of allylic oxidation sites excluding steroid dienone is 4. The van der Waals surface area contributed by atoms with Crippen LogP contribution in [0.15, 0.2) is 47.1 Å². The molecule has 0 radical (unpaired) electrons. The summed E-state index contributed by atoms with van der Waals surface area (Å²) in [5.74, 6) is 1.50. The average molecular weight is 450 g/mol. The predicted octanol–water partition coefficient (Wildman–Crippen LogP) is 5.16. The van der Waals surface area contributed by atoms with Crippen LogP contribution in [0.4, 0.5) is 5.69 Å². The van der Waals surface area contributed by atoms with E-state index < -0.39 is 5.60 Å². The van der Waals surface area contributed by atoms with Crippen molar-refractivity contribution in [3.63, 3.8) is 0 Å². The Morgan fingerprint density at radius 2 is 1.85 bits per heavy atom. The first-order valence-corrected chi connectivity index (χ1v) is 12.8. The first-order chi connectivity index (χ1) is 15.8. The minimum Gasteiger partial charge on any atom is -0.396 e. The van der Waals surface area contributed by atoms with Crippen LogP contribution in [0.3, 0.4) is 0 Å². The van der Waals surface area contributed by atoms with Crippen molar-refractivity contribution in [3.05, 3.63) is 52.6 Å². The first-order valence-electron chi connectivity index (χ1n) is 12.8. The van der Waals surface area contributed by atoms with Crippen LogP contribution in [0.25, 0.3) is 0 Å². The van der Waals surface area contributed by atoms with E-state index in [-0.39, 0.29) is 23.7 Å². The zero-order valence-electron chi connectivity index (χ0n) is 20.4. The number of aliphatic hydroxyl groups is 2. The van der Waals surface area contributed by atoms with Gasteiger partial charge in [0.05, 0.1) is 5.60 Å². The second kappa shape index (κ2) is 8.39. The highest BCUT2D eigenvalue weighted by atomic mass is 16.3. The molecule has 0 unspecified atom stereocenters. The monoisotopic (exact) mass is 449 g/mol. The lowest BCUT2D eigenvalue weighted by Crippen LogP contribution is -2.51. The van der Waals surface area contributed by atoms with E-state index in [0.29, 0.717) is 31.1 Å². The number of carbonyl (C=O) groups excluding carboxylic acids is 1. The molecule has 5 rings (SSSR count). The molecule has 1 aromatic carbocycles. The summed E-state index contributed by atoms with van der Waals surface area (Å²) in [6.45, 7) is 2.47. The summed E-state index contributed by atoms with van der Waals surface area (Å²) >= 11 is 0. The van der Waals surface area contributed by atoms with Crippen LogP contribution in [-0.2, 0) is 4.79 Å². The van der Waals surface area contributed by atoms with Gasteiger partial charge in [0, 0.05) is 44.1 Å². The Morgan fingerprint density at radius 3 is 2.55 bits per heavy atom. The number of rotatable bonds is 5. The number of nitrogens with zero attached hydrogens (tertiary/aromatic N) is 1. The number of hydrogen-bond acceptors (Lipinski definition) is 4. The molecule has 2 N–H and O–H groups in total. The van der Waals surface area contributed by atoms with Gasteiger partial charge in [-0.15, -0.1) is 0 Å². The second-order valence-corrected chi connectivity index (χ2v) is 11.4. The van der Waals surface area contributed by atoms with Gasteiger partial charge >= 0.3 is 0 Å². The van der Waals surface area contributed by atoms with E-state index in [1.54, 1.807) is 5.57 Å². The molecule has 4 aliphatic rings. The number of hydrogen-bond donors (Lipinski definition) is 2. The van der Waals surface area contributed by atoms with Crippen molar-refractivity contribution >= 4 is 11.5 Å². The van der Waals surface area contributed by atoms with Crippen LogP contribution < -0.4 is 4.90 Å². The minimum absolute atomic E-state index is 0.138. The molecule has 1 aromatic rings. The Balaban J connectivity index is 1.62. The lowest BCUT2D eigenvalue weighted by molar-refractivity contribution is -0.114. The largest absolute Gasteiger partial charge is 0.396 e. The highest BCUT2D eigenvalue weighted by Crippen LogP contribution is 2.67. The van der Waals surface area contributed by atoms with Gasteiger partial charge in [-0.2, -0.15) is 0 Å². The van der Waals surface area contributed by atoms with Crippen LogP contribution in [0.1, 0.15) is 76.2 Å². The van der Waals surface area contributed by atoms with Gasteiger partial charge in [-0.3, -0.25) is 4.79 Å². The van der Waals surface area contributed by atoms with Gasteiger partial charge in [0.1, 0.15) is 0 Å². The van der Waals surface area contributed by atoms with E-state index in [0.717, 1.165) is 38.5 Å². The van der Waals surface area contributed by atoms with Gasteiger partial charge in [-0.25, -0.2) is 0 Å². The molecule has 2 saturated carbocycles. The Hall–Kier alpha value is -1.91. The molecule has 0 heterocycles. The molecule has 4 heteroatoms. The Bertz CT molecular complexity index is 991. The van der Waals surface area contributed by atoms with Crippen molar-refractivity contribution < 1.29 is 15.0 Å². The number of aliphatic hydroxyl groups excluding tert-OH is 1. The maximum atomic E-state index is 12.2. The van der Waals surface area contributed by atoms with Gasteiger partial charge in [-0.05, 0) is 98.1 Å². The van der Waals surface area contributed by atoms with Gasteiger partial charge < -0.3 is 15.1 Å². The van der Waals surface area contributed by atoms with Gasteiger partial charge in [0.15, 0.2) is 5.78 Å². The summed E-state index contributed by atoms with van der Waals surface area (Å²) in [6.07, 6.45) is 9.68. The SMILES string of the molecule is CN(C)c1ccc([C@H]2C[C@@]3(C)[C@H](CC[C@@]3(O)CCCO)[C@@H]3CCC4=CC(=O)CCC4=C32)cc1. The van der Waals surface area contributed by atoms with Gasteiger partial charge in [-0.1, -0.05) is 24.6 Å². The summed E-state index contributed by atoms with van der Waals surface area (Å²) in [4.78, 5) is 14.3. The number of benzene rings is 1. The van der Waals surface area contributed by atoms with E-state index >= 15 is 0 Å². The molecular weight excluding hydrogens is 410 g/mol. The Labute approximate surface area is 198 Å². The van der Waals surface area contributed by atoms with E-state index in [1.807, 2.05) is 6.08 Å². The summed E-state index contributed by atoms with van der Waals surface area (Å²) in [5, 5.41) is 21.4. The molecule has 0 amide bonds. The van der Waals surface area contributed by atoms with Crippen molar-refractivity contribution in [1.29, 1.82) is 0 Å². The molecule has 0 spiro atoms. The lowest BCUT2D eigenvalue weighted by atomic mass is 9.51. The fourth-order valence-corrected chi connectivity index (χ4v) is 7.84. The zero-order chi connectivity index (χ0) is 23.4. The highest BCUT2D eigenvalue weighted by Gasteiger charge is 2.62. The van der Waals surface area contributed by atoms with E-state index in [9.17, 15) is 15.0 Å². The lowest BCUT2D eigenvalue weighted by Gasteiger charge is -2.55. The third-order valence-electron chi connectivity index (χ3n) is 9.62. The number of anilines is 1. The predicted molar refractivity (Wildman–Crippen MR) is 132 cm³/mol. The summed E-state index contributed by atoms with van der Waals surface area (Å²) in [6, 6.07) is 8.98. The van der Waals surface area contributed by atoms with Crippen molar-refractivity contribution in [2.24, 2.45) is 17.3 Å². The molecule has 0 bridgehead atoms. The van der Waals surface area contributed by atoms with Crippen LogP contribution in [0.5, 0.6) is 0 Å². The van der Waals surface area contributed by atoms with E-state index in [4.69, 9.17) is 0 Å². The molecule has 2 fully saturated rings. The number of fused-ring (bicyclic) bond motifs is 4. The van der Waals surface area contributed by atoms with Crippen LogP contribution in [0.2, 0.25) is 0 Å². The molecule has 0 aliphatic heterocycles. The van der Waals surface area contributed by atoms with Crippen LogP contribution in [0, 0.1) is 17.3 Å². The molecule has 5 atom stereocenters. The zero-order valence-corrected chi connectivity index (χ0v) is 20.4. The van der Waals surface area contributed by atoms with Gasteiger partial charge in [0.25, 0.3) is 0 Å². The minimum atomic E-state index is -0.711. The third kappa shape index (κ3) is 3.61. The molecule has 4 aliphatic carbocycles. The highest BCUT2D eigenvalue weighted by molar-refractivity contribution is 5.93. The molecule has 178 valence electrons. The maximum absolute atomic E-state index is 12.2. The van der Waals surface area contributed by atoms with Crippen LogP contribution >= 0.6 is 0 Å². The van der Waals surface area contributed by atoms with E-state index in [1.165, 1.54) is 22.4 Å².